The van der Waals surface area contributed by atoms with Crippen molar-refractivity contribution in [1.29, 1.82) is 0 Å². The summed E-state index contributed by atoms with van der Waals surface area (Å²) in [6, 6.07) is 15.1. The van der Waals surface area contributed by atoms with Gasteiger partial charge in [0.2, 0.25) is 0 Å². The number of ether oxygens (including phenoxy) is 3. The van der Waals surface area contributed by atoms with Gasteiger partial charge in [0.1, 0.15) is 17.4 Å². The van der Waals surface area contributed by atoms with E-state index in [-0.39, 0.29) is 18.3 Å². The number of allylic oxidation sites excluding steroid dienone is 2. The SMILES string of the molecule is CCOC(=O)[C@@H]1C(=O)C=C(c2cccc(OC)c2)C[C@H]1c1cccc(OC)c1. The number of hydrogen-bond acceptors (Lipinski definition) is 5. The van der Waals surface area contributed by atoms with Crippen molar-refractivity contribution in [3.05, 3.63) is 65.7 Å². The Balaban J connectivity index is 2.04. The zero-order valence-electron chi connectivity index (χ0n) is 16.3. The normalized spacial score (nSPS) is 19.0. The van der Waals surface area contributed by atoms with Gasteiger partial charge in [-0.05, 0) is 60.4 Å². The third kappa shape index (κ3) is 4.09. The Bertz CT molecular complexity index is 899. The van der Waals surface area contributed by atoms with Crippen molar-refractivity contribution in [1.82, 2.24) is 0 Å². The number of methoxy groups -OCH3 is 2. The lowest BCUT2D eigenvalue weighted by Crippen LogP contribution is -2.34. The molecule has 146 valence electrons. The highest BCUT2D eigenvalue weighted by atomic mass is 16.5. The van der Waals surface area contributed by atoms with Crippen molar-refractivity contribution >= 4 is 17.3 Å². The van der Waals surface area contributed by atoms with Crippen molar-refractivity contribution in [2.24, 2.45) is 5.92 Å². The fraction of sp³-hybridized carbons (Fsp3) is 0.304. The second-order valence-corrected chi connectivity index (χ2v) is 6.62. The molecule has 0 heterocycles. The smallest absolute Gasteiger partial charge is 0.317 e. The second kappa shape index (κ2) is 8.74. The summed E-state index contributed by atoms with van der Waals surface area (Å²) in [6.45, 7) is 1.98. The molecule has 1 aliphatic rings. The Morgan fingerprint density at radius 2 is 1.71 bits per heavy atom. The van der Waals surface area contributed by atoms with Crippen LogP contribution in [0.1, 0.15) is 30.4 Å². The monoisotopic (exact) mass is 380 g/mol. The van der Waals surface area contributed by atoms with Crippen LogP contribution in [0.3, 0.4) is 0 Å². The van der Waals surface area contributed by atoms with Crippen molar-refractivity contribution in [2.75, 3.05) is 20.8 Å². The summed E-state index contributed by atoms with van der Waals surface area (Å²) in [6.07, 6.45) is 2.10. The van der Waals surface area contributed by atoms with Gasteiger partial charge in [0.15, 0.2) is 5.78 Å². The molecule has 0 aromatic heterocycles. The van der Waals surface area contributed by atoms with Gasteiger partial charge in [0, 0.05) is 5.92 Å². The first-order valence-corrected chi connectivity index (χ1v) is 9.26. The van der Waals surface area contributed by atoms with Crippen LogP contribution < -0.4 is 9.47 Å². The highest BCUT2D eigenvalue weighted by Gasteiger charge is 2.39. The Hall–Kier alpha value is -3.08. The van der Waals surface area contributed by atoms with Gasteiger partial charge in [-0.2, -0.15) is 0 Å². The van der Waals surface area contributed by atoms with Crippen molar-refractivity contribution in [3.8, 4) is 11.5 Å². The maximum absolute atomic E-state index is 12.9. The van der Waals surface area contributed by atoms with Crippen molar-refractivity contribution < 1.29 is 23.8 Å². The van der Waals surface area contributed by atoms with E-state index in [2.05, 4.69) is 0 Å². The molecule has 28 heavy (non-hydrogen) atoms. The summed E-state index contributed by atoms with van der Waals surface area (Å²) in [7, 11) is 3.20. The summed E-state index contributed by atoms with van der Waals surface area (Å²) < 4.78 is 15.8. The number of esters is 1. The summed E-state index contributed by atoms with van der Waals surface area (Å²) in [4.78, 5) is 25.5. The first kappa shape index (κ1) is 19.7. The van der Waals surface area contributed by atoms with Crippen molar-refractivity contribution in [3.63, 3.8) is 0 Å². The molecule has 0 bridgehead atoms. The van der Waals surface area contributed by atoms with Crippen LogP contribution in [0.4, 0.5) is 0 Å². The molecular formula is C23H24O5. The van der Waals surface area contributed by atoms with Gasteiger partial charge in [0.25, 0.3) is 0 Å². The standard InChI is InChI=1S/C23H24O5/c1-4-28-23(25)22-20(16-8-6-10-19(12-16)27-3)13-17(14-21(22)24)15-7-5-9-18(11-15)26-2/h5-12,14,20,22H,4,13H2,1-3H3/t20-,22-/m0/s1. The number of hydrogen-bond donors (Lipinski definition) is 0. The largest absolute Gasteiger partial charge is 0.497 e. The van der Waals surface area contributed by atoms with Crippen LogP contribution in [0.5, 0.6) is 11.5 Å². The van der Waals surface area contributed by atoms with Gasteiger partial charge < -0.3 is 14.2 Å². The Morgan fingerprint density at radius 1 is 1.04 bits per heavy atom. The Kier molecular flexibility index (Phi) is 6.14. The van der Waals surface area contributed by atoms with E-state index in [4.69, 9.17) is 14.2 Å². The molecule has 0 aliphatic heterocycles. The molecule has 0 saturated carbocycles. The third-order valence-corrected chi connectivity index (χ3v) is 4.97. The number of ketones is 1. The first-order chi connectivity index (χ1) is 13.6. The van der Waals surface area contributed by atoms with E-state index in [1.165, 1.54) is 0 Å². The summed E-state index contributed by atoms with van der Waals surface area (Å²) >= 11 is 0. The third-order valence-electron chi connectivity index (χ3n) is 4.97. The minimum atomic E-state index is -0.860. The fourth-order valence-corrected chi connectivity index (χ4v) is 3.59. The number of benzene rings is 2. The molecular weight excluding hydrogens is 356 g/mol. The van der Waals surface area contributed by atoms with Gasteiger partial charge in [-0.25, -0.2) is 0 Å². The molecule has 0 fully saturated rings. The lowest BCUT2D eigenvalue weighted by atomic mass is 9.73. The van der Waals surface area contributed by atoms with Crippen LogP contribution in [0.15, 0.2) is 54.6 Å². The zero-order chi connectivity index (χ0) is 20.1. The van der Waals surface area contributed by atoms with Crippen LogP contribution in [-0.4, -0.2) is 32.6 Å². The molecule has 3 rings (SSSR count). The fourth-order valence-electron chi connectivity index (χ4n) is 3.59. The number of carbonyl (C=O) groups is 2. The van der Waals surface area contributed by atoms with Crippen LogP contribution in [-0.2, 0) is 14.3 Å². The lowest BCUT2D eigenvalue weighted by molar-refractivity contribution is -0.151. The van der Waals surface area contributed by atoms with Gasteiger partial charge in [0.05, 0.1) is 20.8 Å². The average Bonchev–Trinajstić information content (AvgIpc) is 2.73. The highest BCUT2D eigenvalue weighted by Crippen LogP contribution is 2.41. The zero-order valence-corrected chi connectivity index (χ0v) is 16.3. The highest BCUT2D eigenvalue weighted by molar-refractivity contribution is 6.10. The average molecular weight is 380 g/mol. The van der Waals surface area contributed by atoms with Crippen LogP contribution in [0, 0.1) is 5.92 Å². The molecule has 2 atom stereocenters. The summed E-state index contributed by atoms with van der Waals surface area (Å²) in [5, 5.41) is 0. The van der Waals surface area contributed by atoms with E-state index in [1.54, 1.807) is 27.2 Å². The van der Waals surface area contributed by atoms with Crippen LogP contribution in [0.2, 0.25) is 0 Å². The first-order valence-electron chi connectivity index (χ1n) is 9.26. The van der Waals surface area contributed by atoms with Crippen molar-refractivity contribution in [2.45, 2.75) is 19.3 Å². The molecule has 5 nitrogen and oxygen atoms in total. The maximum atomic E-state index is 12.9. The molecule has 0 amide bonds. The quantitative estimate of drug-likeness (QED) is 0.559. The molecule has 0 saturated heterocycles. The lowest BCUT2D eigenvalue weighted by Gasteiger charge is -2.29. The molecule has 0 N–H and O–H groups in total. The molecule has 1 aliphatic carbocycles. The van der Waals surface area contributed by atoms with Gasteiger partial charge in [-0.3, -0.25) is 9.59 Å². The van der Waals surface area contributed by atoms with E-state index < -0.39 is 11.9 Å². The topological polar surface area (TPSA) is 61.8 Å². The van der Waals surface area contributed by atoms with Crippen LogP contribution in [0.25, 0.3) is 5.57 Å². The second-order valence-electron chi connectivity index (χ2n) is 6.62. The molecule has 2 aromatic rings. The molecule has 0 unspecified atom stereocenters. The Morgan fingerprint density at radius 3 is 2.39 bits per heavy atom. The van der Waals surface area contributed by atoms with E-state index in [0.29, 0.717) is 12.2 Å². The van der Waals surface area contributed by atoms with E-state index in [0.717, 1.165) is 22.4 Å². The molecule has 0 spiro atoms. The van der Waals surface area contributed by atoms with Gasteiger partial charge in [-0.15, -0.1) is 0 Å². The number of rotatable bonds is 6. The number of carbonyl (C=O) groups excluding carboxylic acids is 2. The van der Waals surface area contributed by atoms with E-state index >= 15 is 0 Å². The van der Waals surface area contributed by atoms with E-state index in [1.807, 2.05) is 48.5 Å². The Labute approximate surface area is 164 Å². The summed E-state index contributed by atoms with van der Waals surface area (Å²) in [5.41, 5.74) is 2.65. The van der Waals surface area contributed by atoms with Gasteiger partial charge in [-0.1, -0.05) is 24.3 Å². The molecule has 2 aromatic carbocycles. The maximum Gasteiger partial charge on any atom is 0.317 e. The van der Waals surface area contributed by atoms with Gasteiger partial charge >= 0.3 is 5.97 Å². The molecule has 0 radical (unpaired) electrons. The predicted molar refractivity (Wildman–Crippen MR) is 106 cm³/mol. The minimum Gasteiger partial charge on any atom is -0.497 e. The predicted octanol–water partition coefficient (Wildman–Crippen LogP) is 4.02. The van der Waals surface area contributed by atoms with Crippen LogP contribution >= 0.6 is 0 Å². The summed E-state index contributed by atoms with van der Waals surface area (Å²) in [5.74, 6) is -0.507. The van der Waals surface area contributed by atoms with E-state index in [9.17, 15) is 9.59 Å². The molecule has 5 heteroatoms. The minimum absolute atomic E-state index is 0.236.